The third-order valence-electron chi connectivity index (χ3n) is 3.22. The molecule has 6 heteroatoms. The van der Waals surface area contributed by atoms with Crippen molar-refractivity contribution in [3.05, 3.63) is 48.0 Å². The van der Waals surface area contributed by atoms with Gasteiger partial charge in [-0.25, -0.2) is 9.98 Å². The van der Waals surface area contributed by atoms with E-state index in [-0.39, 0.29) is 5.60 Å². The predicted molar refractivity (Wildman–Crippen MR) is 99.8 cm³/mol. The molecule has 0 saturated heterocycles. The highest BCUT2D eigenvalue weighted by atomic mass is 16.5. The van der Waals surface area contributed by atoms with Crippen LogP contribution >= 0.6 is 0 Å². The summed E-state index contributed by atoms with van der Waals surface area (Å²) in [6.45, 7) is 10.2. The van der Waals surface area contributed by atoms with Gasteiger partial charge in [-0.2, -0.15) is 0 Å². The van der Waals surface area contributed by atoms with Gasteiger partial charge in [0.25, 0.3) is 0 Å². The fourth-order valence-electron chi connectivity index (χ4n) is 2.15. The average Bonchev–Trinajstić information content (AvgIpc) is 3.06. The van der Waals surface area contributed by atoms with Crippen LogP contribution in [-0.2, 0) is 13.0 Å². The quantitative estimate of drug-likeness (QED) is 0.596. The summed E-state index contributed by atoms with van der Waals surface area (Å²) in [5, 5.41) is 6.54. The molecule has 6 nitrogen and oxygen atoms in total. The molecule has 0 aliphatic rings. The number of pyridine rings is 1. The Labute approximate surface area is 149 Å². The highest BCUT2D eigenvalue weighted by molar-refractivity contribution is 5.79. The zero-order chi connectivity index (χ0) is 18.1. The second-order valence-corrected chi connectivity index (χ2v) is 6.67. The van der Waals surface area contributed by atoms with Crippen molar-refractivity contribution in [2.75, 3.05) is 13.1 Å². The minimum absolute atomic E-state index is 0.247. The van der Waals surface area contributed by atoms with E-state index in [9.17, 15) is 0 Å². The molecule has 0 atom stereocenters. The maximum absolute atomic E-state index is 5.73. The maximum atomic E-state index is 5.73. The van der Waals surface area contributed by atoms with Crippen LogP contribution in [0.1, 0.15) is 39.0 Å². The number of hydrogen-bond acceptors (Lipinski definition) is 4. The van der Waals surface area contributed by atoms with Crippen LogP contribution in [0, 0.1) is 0 Å². The Balaban J connectivity index is 1.86. The lowest BCUT2D eigenvalue weighted by Crippen LogP contribution is -2.38. The molecule has 0 spiro atoms. The van der Waals surface area contributed by atoms with Gasteiger partial charge in [0.2, 0.25) is 5.88 Å². The van der Waals surface area contributed by atoms with Gasteiger partial charge < -0.3 is 19.8 Å². The molecule has 0 aliphatic heterocycles. The molecule has 25 heavy (non-hydrogen) atoms. The molecule has 0 unspecified atom stereocenters. The van der Waals surface area contributed by atoms with Crippen LogP contribution in [-0.4, -0.2) is 29.6 Å². The zero-order valence-corrected chi connectivity index (χ0v) is 15.5. The molecule has 0 saturated carbocycles. The van der Waals surface area contributed by atoms with E-state index in [2.05, 4.69) is 20.6 Å². The van der Waals surface area contributed by atoms with Crippen LogP contribution in [0.15, 0.2) is 46.1 Å². The van der Waals surface area contributed by atoms with Gasteiger partial charge in [0.15, 0.2) is 5.96 Å². The van der Waals surface area contributed by atoms with Crippen molar-refractivity contribution in [1.82, 2.24) is 15.6 Å². The van der Waals surface area contributed by atoms with Gasteiger partial charge in [0, 0.05) is 31.8 Å². The molecule has 2 N–H and O–H groups in total. The van der Waals surface area contributed by atoms with Crippen molar-refractivity contribution in [3.63, 3.8) is 0 Å². The molecule has 2 aromatic heterocycles. The highest BCUT2D eigenvalue weighted by Gasteiger charge is 2.12. The molecular formula is C19H28N4O2. The number of guanidine groups is 1. The molecular weight excluding hydrogens is 316 g/mol. The highest BCUT2D eigenvalue weighted by Crippen LogP contribution is 2.15. The van der Waals surface area contributed by atoms with Crippen molar-refractivity contribution in [1.29, 1.82) is 0 Å². The normalized spacial score (nSPS) is 12.1. The summed E-state index contributed by atoms with van der Waals surface area (Å²) in [5.41, 5.74) is 0.785. The number of furan rings is 1. The number of aromatic nitrogens is 1. The van der Waals surface area contributed by atoms with E-state index in [1.54, 1.807) is 12.5 Å². The summed E-state index contributed by atoms with van der Waals surface area (Å²) in [7, 11) is 0. The van der Waals surface area contributed by atoms with E-state index in [1.807, 2.05) is 52.0 Å². The third-order valence-corrected chi connectivity index (χ3v) is 3.22. The average molecular weight is 344 g/mol. The minimum Gasteiger partial charge on any atom is -0.472 e. The van der Waals surface area contributed by atoms with Crippen LogP contribution in [0.25, 0.3) is 0 Å². The third kappa shape index (κ3) is 7.28. The Hall–Kier alpha value is -2.50. The SMILES string of the molecule is CCNC(=NCc1ccc(OC(C)(C)C)nc1)NCCc1ccco1. The van der Waals surface area contributed by atoms with Crippen molar-refractivity contribution >= 4 is 5.96 Å². The fraction of sp³-hybridized carbons (Fsp3) is 0.474. The lowest BCUT2D eigenvalue weighted by Gasteiger charge is -2.20. The molecule has 0 amide bonds. The van der Waals surface area contributed by atoms with Crippen molar-refractivity contribution in [3.8, 4) is 5.88 Å². The summed E-state index contributed by atoms with van der Waals surface area (Å²) >= 11 is 0. The van der Waals surface area contributed by atoms with E-state index in [4.69, 9.17) is 9.15 Å². The van der Waals surface area contributed by atoms with Crippen LogP contribution < -0.4 is 15.4 Å². The van der Waals surface area contributed by atoms with Crippen LogP contribution in [0.2, 0.25) is 0 Å². The minimum atomic E-state index is -0.247. The number of hydrogen-bond donors (Lipinski definition) is 2. The van der Waals surface area contributed by atoms with E-state index in [0.29, 0.717) is 12.4 Å². The van der Waals surface area contributed by atoms with Crippen molar-refractivity contribution in [2.45, 2.75) is 46.3 Å². The van der Waals surface area contributed by atoms with E-state index in [1.165, 1.54) is 0 Å². The smallest absolute Gasteiger partial charge is 0.213 e. The van der Waals surface area contributed by atoms with Crippen LogP contribution in [0.3, 0.4) is 0 Å². The molecule has 0 aliphatic carbocycles. The largest absolute Gasteiger partial charge is 0.472 e. The maximum Gasteiger partial charge on any atom is 0.213 e. The van der Waals surface area contributed by atoms with Crippen molar-refractivity contribution < 1.29 is 9.15 Å². The van der Waals surface area contributed by atoms with E-state index < -0.39 is 0 Å². The first-order chi connectivity index (χ1) is 12.0. The molecule has 0 radical (unpaired) electrons. The first-order valence-electron chi connectivity index (χ1n) is 8.65. The van der Waals surface area contributed by atoms with E-state index >= 15 is 0 Å². The van der Waals surface area contributed by atoms with Gasteiger partial charge in [-0.1, -0.05) is 6.07 Å². The first kappa shape index (κ1) is 18.8. The molecule has 0 fully saturated rings. The summed E-state index contributed by atoms with van der Waals surface area (Å²) in [5.74, 6) is 2.37. The summed E-state index contributed by atoms with van der Waals surface area (Å²) in [6.07, 6.45) is 4.31. The van der Waals surface area contributed by atoms with Gasteiger partial charge in [-0.15, -0.1) is 0 Å². The van der Waals surface area contributed by atoms with Crippen LogP contribution in [0.4, 0.5) is 0 Å². The van der Waals surface area contributed by atoms with Crippen molar-refractivity contribution in [2.24, 2.45) is 4.99 Å². The molecule has 2 heterocycles. The summed E-state index contributed by atoms with van der Waals surface area (Å²) in [4.78, 5) is 8.93. The number of rotatable bonds is 7. The Morgan fingerprint density at radius 1 is 1.24 bits per heavy atom. The number of nitrogens with zero attached hydrogens (tertiary/aromatic N) is 2. The Bertz CT molecular complexity index is 643. The summed E-state index contributed by atoms with van der Waals surface area (Å²) < 4.78 is 11.1. The fourth-order valence-corrected chi connectivity index (χ4v) is 2.15. The van der Waals surface area contributed by atoms with Gasteiger partial charge in [0.1, 0.15) is 11.4 Å². The molecule has 0 bridgehead atoms. The topological polar surface area (TPSA) is 71.7 Å². The van der Waals surface area contributed by atoms with E-state index in [0.717, 1.165) is 36.8 Å². The van der Waals surface area contributed by atoms with Gasteiger partial charge >= 0.3 is 0 Å². The lowest BCUT2D eigenvalue weighted by atomic mass is 10.2. The lowest BCUT2D eigenvalue weighted by molar-refractivity contribution is 0.124. The Kier molecular flexibility index (Phi) is 6.86. The molecule has 2 aromatic rings. The second-order valence-electron chi connectivity index (χ2n) is 6.67. The van der Waals surface area contributed by atoms with Gasteiger partial charge in [-0.3, -0.25) is 0 Å². The first-order valence-corrected chi connectivity index (χ1v) is 8.65. The van der Waals surface area contributed by atoms with Gasteiger partial charge in [0.05, 0.1) is 12.8 Å². The number of aliphatic imine (C=N–C) groups is 1. The van der Waals surface area contributed by atoms with Crippen LogP contribution in [0.5, 0.6) is 5.88 Å². The summed E-state index contributed by atoms with van der Waals surface area (Å²) in [6, 6.07) is 7.74. The Morgan fingerprint density at radius 2 is 2.08 bits per heavy atom. The van der Waals surface area contributed by atoms with Gasteiger partial charge in [-0.05, 0) is 45.4 Å². The molecule has 136 valence electrons. The number of ether oxygens (including phenoxy) is 1. The standard InChI is InChI=1S/C19H28N4O2/c1-5-20-18(21-11-10-16-7-6-12-24-16)23-14-15-8-9-17(22-13-15)25-19(2,3)4/h6-9,12-13H,5,10-11,14H2,1-4H3,(H2,20,21,23). The second kappa shape index (κ2) is 9.11. The monoisotopic (exact) mass is 344 g/mol. The predicted octanol–water partition coefficient (Wildman–Crippen LogP) is 3.15. The molecule has 0 aromatic carbocycles. The molecule has 2 rings (SSSR count). The number of nitrogens with one attached hydrogen (secondary N) is 2. The Morgan fingerprint density at radius 3 is 2.68 bits per heavy atom. The zero-order valence-electron chi connectivity index (χ0n) is 15.5.